The summed E-state index contributed by atoms with van der Waals surface area (Å²) in [7, 11) is -1.05. The van der Waals surface area contributed by atoms with Gasteiger partial charge in [-0.2, -0.15) is 13.1 Å². The molecule has 10 heteroatoms. The number of benzene rings is 3. The number of sulfonamides is 1. The fourth-order valence-electron chi connectivity index (χ4n) is 3.18. The zero-order valence-electron chi connectivity index (χ0n) is 18.8. The molecule has 3 aromatic carbocycles. The number of carbonyl (C=O) groups excluding carboxylic acids is 1. The third-order valence-corrected chi connectivity index (χ3v) is 6.79. The van der Waals surface area contributed by atoms with E-state index in [1.165, 1.54) is 44.5 Å². The molecule has 3 aromatic rings. The van der Waals surface area contributed by atoms with E-state index in [0.717, 1.165) is 9.87 Å². The van der Waals surface area contributed by atoms with Crippen molar-refractivity contribution in [3.05, 3.63) is 72.3 Å². The normalized spacial score (nSPS) is 11.5. The van der Waals surface area contributed by atoms with Gasteiger partial charge in [-0.1, -0.05) is 29.8 Å². The molecule has 0 aromatic heterocycles. The Balaban J connectivity index is 1.80. The van der Waals surface area contributed by atoms with E-state index in [1.807, 2.05) is 6.92 Å². The van der Waals surface area contributed by atoms with Crippen LogP contribution >= 0.6 is 0 Å². The predicted molar refractivity (Wildman–Crippen MR) is 125 cm³/mol. The number of alkyl halides is 2. The minimum Gasteiger partial charge on any atom is -0.497 e. The first-order chi connectivity index (χ1) is 16.1. The average molecular weight is 491 g/mol. The van der Waals surface area contributed by atoms with E-state index >= 15 is 0 Å². The second-order valence-electron chi connectivity index (χ2n) is 7.44. The molecule has 1 N–H and O–H groups in total. The fraction of sp³-hybridized carbons (Fsp3) is 0.208. The summed E-state index contributed by atoms with van der Waals surface area (Å²) in [6, 6.07) is 17.1. The van der Waals surface area contributed by atoms with Gasteiger partial charge >= 0.3 is 6.61 Å². The molecule has 0 saturated heterocycles. The van der Waals surface area contributed by atoms with Gasteiger partial charge in [-0.05, 0) is 55.0 Å². The molecule has 0 fully saturated rings. The number of hydrogen-bond acceptors (Lipinski definition) is 5. The topological polar surface area (TPSA) is 84.9 Å². The Labute approximate surface area is 197 Å². The number of hydrogen-bond donors (Lipinski definition) is 1. The van der Waals surface area contributed by atoms with Gasteiger partial charge < -0.3 is 14.8 Å². The quantitative estimate of drug-likeness (QED) is 0.476. The summed E-state index contributed by atoms with van der Waals surface area (Å²) in [5, 5.41) is 2.61. The van der Waals surface area contributed by atoms with Crippen molar-refractivity contribution in [3.63, 3.8) is 0 Å². The van der Waals surface area contributed by atoms with Crippen molar-refractivity contribution in [2.24, 2.45) is 0 Å². The minimum atomic E-state index is -3.86. The molecule has 0 bridgehead atoms. The highest BCUT2D eigenvalue weighted by Gasteiger charge is 2.23. The van der Waals surface area contributed by atoms with E-state index in [0.29, 0.717) is 22.6 Å². The predicted octanol–water partition coefficient (Wildman–Crippen LogP) is 4.53. The SMILES string of the molecule is COc1ccc(-c2cc(NC(=O)CN(C)S(=O)(=O)c3ccc(C)cc3)ccc2OC(F)F)cc1. The molecule has 0 radical (unpaired) electrons. The monoisotopic (exact) mass is 490 g/mol. The molecule has 3 rings (SSSR count). The maximum atomic E-state index is 12.9. The first-order valence-corrected chi connectivity index (χ1v) is 11.6. The third-order valence-electron chi connectivity index (χ3n) is 4.98. The number of likely N-dealkylation sites (N-methyl/N-ethyl adjacent to an activating group) is 1. The lowest BCUT2D eigenvalue weighted by Crippen LogP contribution is -2.35. The molecule has 180 valence electrons. The number of halogens is 2. The lowest BCUT2D eigenvalue weighted by Gasteiger charge is -2.18. The summed E-state index contributed by atoms with van der Waals surface area (Å²) in [5.41, 5.74) is 2.08. The summed E-state index contributed by atoms with van der Waals surface area (Å²) >= 11 is 0. The fourth-order valence-corrected chi connectivity index (χ4v) is 4.31. The van der Waals surface area contributed by atoms with Crippen LogP contribution in [0.4, 0.5) is 14.5 Å². The van der Waals surface area contributed by atoms with E-state index in [9.17, 15) is 22.0 Å². The van der Waals surface area contributed by atoms with Crippen LogP contribution in [0, 0.1) is 6.92 Å². The van der Waals surface area contributed by atoms with Crippen molar-refractivity contribution in [1.82, 2.24) is 4.31 Å². The molecule has 7 nitrogen and oxygen atoms in total. The number of anilines is 1. The number of nitrogens with zero attached hydrogens (tertiary/aromatic N) is 1. The summed E-state index contributed by atoms with van der Waals surface area (Å²) < 4.78 is 61.9. The van der Waals surface area contributed by atoms with Crippen molar-refractivity contribution >= 4 is 21.6 Å². The van der Waals surface area contributed by atoms with Crippen LogP contribution in [-0.2, 0) is 14.8 Å². The number of rotatable bonds is 9. The molecule has 0 aliphatic heterocycles. The molecule has 34 heavy (non-hydrogen) atoms. The Hall–Kier alpha value is -3.50. The summed E-state index contributed by atoms with van der Waals surface area (Å²) in [6.45, 7) is -1.63. The minimum absolute atomic E-state index is 0.0720. The first-order valence-electron chi connectivity index (χ1n) is 10.2. The Morgan fingerprint density at radius 3 is 2.26 bits per heavy atom. The van der Waals surface area contributed by atoms with Gasteiger partial charge in [0.05, 0.1) is 18.6 Å². The zero-order valence-corrected chi connectivity index (χ0v) is 19.6. The van der Waals surface area contributed by atoms with Crippen LogP contribution < -0.4 is 14.8 Å². The number of aryl methyl sites for hydroxylation is 1. The number of ether oxygens (including phenoxy) is 2. The summed E-state index contributed by atoms with van der Waals surface area (Å²) in [5.74, 6) is -0.0824. The van der Waals surface area contributed by atoms with E-state index in [1.54, 1.807) is 36.4 Å². The van der Waals surface area contributed by atoms with E-state index in [-0.39, 0.29) is 10.6 Å². The lowest BCUT2D eigenvalue weighted by atomic mass is 10.0. The van der Waals surface area contributed by atoms with Crippen molar-refractivity contribution in [3.8, 4) is 22.6 Å². The van der Waals surface area contributed by atoms with E-state index in [2.05, 4.69) is 10.1 Å². The van der Waals surface area contributed by atoms with Gasteiger partial charge in [0.2, 0.25) is 15.9 Å². The highest BCUT2D eigenvalue weighted by atomic mass is 32.2. The number of carbonyl (C=O) groups is 1. The number of nitrogens with one attached hydrogen (secondary N) is 1. The Morgan fingerprint density at radius 2 is 1.68 bits per heavy atom. The molecular formula is C24H24F2N2O5S. The van der Waals surface area contributed by atoms with Crippen molar-refractivity contribution in [2.45, 2.75) is 18.4 Å². The summed E-state index contributed by atoms with van der Waals surface area (Å²) in [6.07, 6.45) is 0. The number of methoxy groups -OCH3 is 1. The second-order valence-corrected chi connectivity index (χ2v) is 9.49. The highest BCUT2D eigenvalue weighted by molar-refractivity contribution is 7.89. The van der Waals surface area contributed by atoms with Crippen molar-refractivity contribution in [2.75, 3.05) is 26.0 Å². The van der Waals surface area contributed by atoms with Gasteiger partial charge in [0.1, 0.15) is 11.5 Å². The molecule has 0 aliphatic carbocycles. The lowest BCUT2D eigenvalue weighted by molar-refractivity contribution is -0.116. The van der Waals surface area contributed by atoms with Crippen LogP contribution in [0.25, 0.3) is 11.1 Å². The van der Waals surface area contributed by atoms with Gasteiger partial charge in [-0.15, -0.1) is 0 Å². The molecule has 0 atom stereocenters. The second kappa shape index (κ2) is 10.6. The molecule has 0 spiro atoms. The van der Waals surface area contributed by atoms with Crippen LogP contribution in [0.15, 0.2) is 71.6 Å². The van der Waals surface area contributed by atoms with E-state index in [4.69, 9.17) is 4.74 Å². The molecule has 0 unspecified atom stereocenters. The largest absolute Gasteiger partial charge is 0.497 e. The molecule has 1 amide bonds. The molecule has 0 saturated carbocycles. The molecule has 0 aliphatic rings. The van der Waals surface area contributed by atoms with Crippen LogP contribution in [0.3, 0.4) is 0 Å². The average Bonchev–Trinajstić information content (AvgIpc) is 2.80. The van der Waals surface area contributed by atoms with Crippen LogP contribution in [-0.4, -0.2) is 45.9 Å². The highest BCUT2D eigenvalue weighted by Crippen LogP contribution is 2.34. The first kappa shape index (κ1) is 25.1. The Kier molecular flexibility index (Phi) is 7.85. The Morgan fingerprint density at radius 1 is 1.03 bits per heavy atom. The van der Waals surface area contributed by atoms with Crippen molar-refractivity contribution in [1.29, 1.82) is 0 Å². The van der Waals surface area contributed by atoms with Crippen LogP contribution in [0.1, 0.15) is 5.56 Å². The standard InChI is InChI=1S/C24H24F2N2O5S/c1-16-4-11-20(12-5-16)34(30,31)28(2)15-23(29)27-18-8-13-22(33-24(25)26)21(14-18)17-6-9-19(32-3)10-7-17/h4-14,24H,15H2,1-3H3,(H,27,29). The third kappa shape index (κ3) is 6.09. The van der Waals surface area contributed by atoms with Gasteiger partial charge in [0, 0.05) is 18.3 Å². The van der Waals surface area contributed by atoms with Gasteiger partial charge in [-0.25, -0.2) is 8.42 Å². The van der Waals surface area contributed by atoms with Crippen LogP contribution in [0.2, 0.25) is 0 Å². The van der Waals surface area contributed by atoms with Gasteiger partial charge in [0.25, 0.3) is 0 Å². The van der Waals surface area contributed by atoms with E-state index < -0.39 is 29.1 Å². The zero-order chi connectivity index (χ0) is 24.9. The Bertz CT molecular complexity index is 1250. The van der Waals surface area contributed by atoms with Gasteiger partial charge in [-0.3, -0.25) is 4.79 Å². The molecule has 0 heterocycles. The maximum Gasteiger partial charge on any atom is 0.387 e. The molecular weight excluding hydrogens is 466 g/mol. The maximum absolute atomic E-state index is 12.9. The van der Waals surface area contributed by atoms with Crippen LogP contribution in [0.5, 0.6) is 11.5 Å². The summed E-state index contributed by atoms with van der Waals surface area (Å²) in [4.78, 5) is 12.6. The smallest absolute Gasteiger partial charge is 0.387 e. The van der Waals surface area contributed by atoms with Gasteiger partial charge in [0.15, 0.2) is 0 Å². The van der Waals surface area contributed by atoms with Crippen molar-refractivity contribution < 1.29 is 31.5 Å². The number of amides is 1.